The van der Waals surface area contributed by atoms with Crippen LogP contribution in [0.1, 0.15) is 12.8 Å². The van der Waals surface area contributed by atoms with Crippen molar-refractivity contribution < 1.29 is 19.2 Å². The molecule has 0 saturated heterocycles. The van der Waals surface area contributed by atoms with Crippen LogP contribution in [0.5, 0.6) is 0 Å². The maximum absolute atomic E-state index is 11.6. The number of ketones is 4. The van der Waals surface area contributed by atoms with E-state index < -0.39 is 0 Å². The number of hydrogen-bond donors (Lipinski definition) is 0. The molecule has 1 aliphatic heterocycles. The summed E-state index contributed by atoms with van der Waals surface area (Å²) < 4.78 is 0.484. The summed E-state index contributed by atoms with van der Waals surface area (Å²) in [6, 6.07) is 0. The van der Waals surface area contributed by atoms with Crippen molar-refractivity contribution >= 4 is 46.7 Å². The second-order valence-electron chi connectivity index (χ2n) is 3.93. The fourth-order valence-corrected chi connectivity index (χ4v) is 4.56. The molecule has 0 aromatic heterocycles. The lowest BCUT2D eigenvalue weighted by Crippen LogP contribution is -2.07. The second-order valence-corrected chi connectivity index (χ2v) is 6.23. The minimum Gasteiger partial charge on any atom is -0.294 e. The number of Topliss-reactive ketones (excluding diaryl/α,β-unsaturated/α-hetero) is 2. The number of hydrogen-bond acceptors (Lipinski definition) is 6. The zero-order valence-corrected chi connectivity index (χ0v) is 10.7. The van der Waals surface area contributed by atoms with E-state index in [1.807, 2.05) is 0 Å². The third-order valence-electron chi connectivity index (χ3n) is 2.77. The zero-order chi connectivity index (χ0) is 12.9. The van der Waals surface area contributed by atoms with E-state index in [4.69, 9.17) is 0 Å². The van der Waals surface area contributed by atoms with Crippen molar-refractivity contribution in [1.82, 2.24) is 0 Å². The van der Waals surface area contributed by atoms with Gasteiger partial charge >= 0.3 is 0 Å². The Hall–Kier alpha value is -1.40. The summed E-state index contributed by atoms with van der Waals surface area (Å²) >= 11 is 2.14. The molecule has 6 heteroatoms. The first-order valence-electron chi connectivity index (χ1n) is 5.25. The average molecular weight is 278 g/mol. The molecule has 0 aromatic carbocycles. The standard InChI is InChI=1S/C12H6O4S2/c13-5-1-2-6(14)9(5)12-17-10-7(15)3-4-8(16)11(10)18-12/h3-4H,1-2H2. The number of thioether (sulfide) groups is 2. The monoisotopic (exact) mass is 278 g/mol. The van der Waals surface area contributed by atoms with Crippen molar-refractivity contribution in [3.8, 4) is 0 Å². The van der Waals surface area contributed by atoms with Gasteiger partial charge in [0.15, 0.2) is 23.1 Å². The molecule has 90 valence electrons. The maximum atomic E-state index is 11.6. The maximum Gasteiger partial charge on any atom is 0.193 e. The van der Waals surface area contributed by atoms with Crippen LogP contribution in [-0.2, 0) is 19.2 Å². The topological polar surface area (TPSA) is 68.3 Å². The van der Waals surface area contributed by atoms with Crippen LogP contribution >= 0.6 is 23.5 Å². The Morgan fingerprint density at radius 3 is 1.67 bits per heavy atom. The Kier molecular flexibility index (Phi) is 2.64. The molecule has 2 aliphatic carbocycles. The molecule has 0 unspecified atom stereocenters. The van der Waals surface area contributed by atoms with E-state index in [9.17, 15) is 19.2 Å². The summed E-state index contributed by atoms with van der Waals surface area (Å²) in [5.41, 5.74) is 0.167. The van der Waals surface area contributed by atoms with Crippen LogP contribution in [0.4, 0.5) is 0 Å². The van der Waals surface area contributed by atoms with E-state index in [1.54, 1.807) is 0 Å². The highest BCUT2D eigenvalue weighted by Crippen LogP contribution is 2.53. The third kappa shape index (κ3) is 1.64. The van der Waals surface area contributed by atoms with Gasteiger partial charge in [0.1, 0.15) is 0 Å². The van der Waals surface area contributed by atoms with Crippen LogP contribution in [-0.4, -0.2) is 23.1 Å². The normalized spacial score (nSPS) is 23.6. The number of carbonyl (C=O) groups excluding carboxylic acids is 4. The average Bonchev–Trinajstić information content (AvgIpc) is 2.89. The number of allylic oxidation sites excluding steroid dienone is 5. The summed E-state index contributed by atoms with van der Waals surface area (Å²) in [5.74, 6) is -0.864. The smallest absolute Gasteiger partial charge is 0.193 e. The van der Waals surface area contributed by atoms with Gasteiger partial charge in [-0.15, -0.1) is 0 Å². The van der Waals surface area contributed by atoms with Crippen molar-refractivity contribution in [2.75, 3.05) is 0 Å². The molecular formula is C12H6O4S2. The Morgan fingerprint density at radius 2 is 1.22 bits per heavy atom. The Labute approximate surface area is 111 Å². The Balaban J connectivity index is 2.02. The van der Waals surface area contributed by atoms with Gasteiger partial charge in [-0.05, 0) is 12.2 Å². The molecule has 0 spiro atoms. The fraction of sp³-hybridized carbons (Fsp3) is 0.167. The number of rotatable bonds is 0. The predicted octanol–water partition coefficient (Wildman–Crippen LogP) is 1.53. The summed E-state index contributed by atoms with van der Waals surface area (Å²) in [7, 11) is 0. The van der Waals surface area contributed by atoms with Crippen LogP contribution in [0.2, 0.25) is 0 Å². The minimum atomic E-state index is -0.240. The van der Waals surface area contributed by atoms with Crippen LogP contribution in [0.3, 0.4) is 0 Å². The molecule has 0 aromatic rings. The highest BCUT2D eigenvalue weighted by molar-refractivity contribution is 8.29. The van der Waals surface area contributed by atoms with Crippen molar-refractivity contribution in [3.63, 3.8) is 0 Å². The Bertz CT molecular complexity index is 572. The van der Waals surface area contributed by atoms with Gasteiger partial charge in [0.25, 0.3) is 0 Å². The molecule has 0 amide bonds. The van der Waals surface area contributed by atoms with Gasteiger partial charge in [-0.1, -0.05) is 23.5 Å². The van der Waals surface area contributed by atoms with Gasteiger partial charge in [0.05, 0.1) is 19.6 Å². The van der Waals surface area contributed by atoms with Crippen LogP contribution < -0.4 is 0 Å². The lowest BCUT2D eigenvalue weighted by molar-refractivity contribution is -0.116. The molecule has 4 nitrogen and oxygen atoms in total. The van der Waals surface area contributed by atoms with Crippen LogP contribution in [0.25, 0.3) is 0 Å². The van der Waals surface area contributed by atoms with Gasteiger partial charge in [-0.25, -0.2) is 0 Å². The van der Waals surface area contributed by atoms with Crippen LogP contribution in [0.15, 0.2) is 31.8 Å². The van der Waals surface area contributed by atoms with Crippen molar-refractivity contribution in [1.29, 1.82) is 0 Å². The van der Waals surface area contributed by atoms with Crippen molar-refractivity contribution in [3.05, 3.63) is 31.8 Å². The number of carbonyl (C=O) groups is 4. The predicted molar refractivity (Wildman–Crippen MR) is 67.6 cm³/mol. The van der Waals surface area contributed by atoms with E-state index in [1.165, 1.54) is 12.2 Å². The Morgan fingerprint density at radius 1 is 0.778 bits per heavy atom. The molecule has 1 heterocycles. The highest BCUT2D eigenvalue weighted by atomic mass is 32.2. The molecule has 0 N–H and O–H groups in total. The first-order chi connectivity index (χ1) is 8.58. The summed E-state index contributed by atoms with van der Waals surface area (Å²) in [6.45, 7) is 0. The molecule has 0 bridgehead atoms. The summed E-state index contributed by atoms with van der Waals surface area (Å²) in [4.78, 5) is 47.2. The summed E-state index contributed by atoms with van der Waals surface area (Å²) in [6.07, 6.45) is 2.90. The molecule has 18 heavy (non-hydrogen) atoms. The zero-order valence-electron chi connectivity index (χ0n) is 9.02. The SMILES string of the molecule is O=C1C=CC(=O)C2=C1SC(=C1C(=O)CCC1=O)S2. The van der Waals surface area contributed by atoms with Gasteiger partial charge in [-0.3, -0.25) is 19.2 Å². The molecule has 0 radical (unpaired) electrons. The highest BCUT2D eigenvalue weighted by Gasteiger charge is 2.37. The van der Waals surface area contributed by atoms with E-state index in [-0.39, 0.29) is 41.5 Å². The minimum absolute atomic E-state index is 0.167. The van der Waals surface area contributed by atoms with Crippen molar-refractivity contribution in [2.24, 2.45) is 0 Å². The van der Waals surface area contributed by atoms with Crippen LogP contribution in [0, 0.1) is 0 Å². The quantitative estimate of drug-likeness (QED) is 0.380. The van der Waals surface area contributed by atoms with Gasteiger partial charge in [0, 0.05) is 12.8 Å². The molecule has 3 rings (SSSR count). The van der Waals surface area contributed by atoms with E-state index in [0.29, 0.717) is 14.0 Å². The van der Waals surface area contributed by atoms with Gasteiger partial charge < -0.3 is 0 Å². The van der Waals surface area contributed by atoms with E-state index in [2.05, 4.69) is 0 Å². The lowest BCUT2D eigenvalue weighted by Gasteiger charge is -2.01. The van der Waals surface area contributed by atoms with Gasteiger partial charge in [0.2, 0.25) is 0 Å². The van der Waals surface area contributed by atoms with Crippen molar-refractivity contribution in [2.45, 2.75) is 12.8 Å². The second kappa shape index (κ2) is 4.07. The molecule has 0 atom stereocenters. The molecule has 3 aliphatic rings. The fourth-order valence-electron chi connectivity index (χ4n) is 1.89. The summed E-state index contributed by atoms with van der Waals surface area (Å²) in [5, 5.41) is 0. The largest absolute Gasteiger partial charge is 0.294 e. The molecule has 1 fully saturated rings. The van der Waals surface area contributed by atoms with E-state index >= 15 is 0 Å². The lowest BCUT2D eigenvalue weighted by atomic mass is 10.2. The third-order valence-corrected chi connectivity index (χ3v) is 5.40. The van der Waals surface area contributed by atoms with E-state index in [0.717, 1.165) is 23.5 Å². The molecule has 1 saturated carbocycles. The first-order valence-corrected chi connectivity index (χ1v) is 6.88. The first kappa shape index (κ1) is 11.7. The molecular weight excluding hydrogens is 272 g/mol. The van der Waals surface area contributed by atoms with Gasteiger partial charge in [-0.2, -0.15) is 0 Å².